The lowest BCUT2D eigenvalue weighted by atomic mass is 10.1. The van der Waals surface area contributed by atoms with Crippen molar-refractivity contribution in [2.24, 2.45) is 7.05 Å². The smallest absolute Gasteiger partial charge is 0.302 e. The van der Waals surface area contributed by atoms with Gasteiger partial charge in [-0.1, -0.05) is 18.2 Å². The number of nitrogens with zero attached hydrogens (tertiary/aromatic N) is 3. The fourth-order valence-electron chi connectivity index (χ4n) is 2.90. The Kier molecular flexibility index (Phi) is 5.55. The first-order valence-corrected chi connectivity index (χ1v) is 9.35. The van der Waals surface area contributed by atoms with E-state index in [1.807, 2.05) is 20.9 Å². The molecule has 0 saturated carbocycles. The Morgan fingerprint density at radius 2 is 2.04 bits per heavy atom. The van der Waals surface area contributed by atoms with Crippen molar-refractivity contribution in [1.29, 1.82) is 0 Å². The molecule has 5 nitrogen and oxygen atoms in total. The van der Waals surface area contributed by atoms with Crippen molar-refractivity contribution in [2.75, 3.05) is 5.32 Å². The molecule has 0 aliphatic carbocycles. The minimum Gasteiger partial charge on any atom is -0.302 e. The summed E-state index contributed by atoms with van der Waals surface area (Å²) in [5.74, 6) is -0.209. The minimum atomic E-state index is -4.37. The van der Waals surface area contributed by atoms with Crippen molar-refractivity contribution in [2.45, 2.75) is 32.9 Å². The van der Waals surface area contributed by atoms with Gasteiger partial charge in [0.15, 0.2) is 5.13 Å². The number of halogens is 3. The van der Waals surface area contributed by atoms with Gasteiger partial charge < -0.3 is 5.32 Å². The minimum absolute atomic E-state index is 0.189. The van der Waals surface area contributed by atoms with Gasteiger partial charge in [0.25, 0.3) is 0 Å². The van der Waals surface area contributed by atoms with E-state index in [2.05, 4.69) is 15.4 Å². The number of carbonyl (C=O) groups is 1. The first-order chi connectivity index (χ1) is 13.1. The summed E-state index contributed by atoms with van der Waals surface area (Å²) in [4.78, 5) is 17.2. The monoisotopic (exact) mass is 408 g/mol. The molecule has 0 bridgehead atoms. The van der Waals surface area contributed by atoms with Crippen LogP contribution in [0.1, 0.15) is 33.0 Å². The van der Waals surface area contributed by atoms with Crippen LogP contribution in [0.15, 0.2) is 30.5 Å². The normalized spacial score (nSPS) is 11.6. The van der Waals surface area contributed by atoms with Crippen LogP contribution >= 0.6 is 11.3 Å². The van der Waals surface area contributed by atoms with Gasteiger partial charge in [-0.05, 0) is 25.5 Å². The Hall–Kier alpha value is -2.68. The molecule has 28 heavy (non-hydrogen) atoms. The van der Waals surface area contributed by atoms with Crippen molar-refractivity contribution in [1.82, 2.24) is 14.8 Å². The maximum absolute atomic E-state index is 12.8. The highest BCUT2D eigenvalue weighted by Crippen LogP contribution is 2.30. The Balaban J connectivity index is 1.65. The highest BCUT2D eigenvalue weighted by Gasteiger charge is 2.30. The van der Waals surface area contributed by atoms with E-state index in [9.17, 15) is 18.0 Å². The third kappa shape index (κ3) is 4.59. The largest absolute Gasteiger partial charge is 0.416 e. The van der Waals surface area contributed by atoms with Crippen LogP contribution in [0.25, 0.3) is 0 Å². The van der Waals surface area contributed by atoms with Crippen molar-refractivity contribution in [3.8, 4) is 0 Å². The van der Waals surface area contributed by atoms with Crippen LogP contribution in [0.2, 0.25) is 0 Å². The van der Waals surface area contributed by atoms with Crippen LogP contribution in [0.3, 0.4) is 0 Å². The third-order valence-corrected chi connectivity index (χ3v) is 5.34. The number of thiazole rings is 1. The molecule has 0 fully saturated rings. The zero-order valence-corrected chi connectivity index (χ0v) is 16.4. The number of aryl methyl sites for hydroxylation is 2. The quantitative estimate of drug-likeness (QED) is 0.685. The molecule has 0 unspecified atom stereocenters. The summed E-state index contributed by atoms with van der Waals surface area (Å²) in [6, 6.07) is 5.21. The van der Waals surface area contributed by atoms with E-state index in [4.69, 9.17) is 0 Å². The maximum atomic E-state index is 12.8. The molecule has 9 heteroatoms. The molecule has 0 radical (unpaired) electrons. The lowest BCUT2D eigenvalue weighted by Gasteiger charge is -2.07. The van der Waals surface area contributed by atoms with Crippen LogP contribution in [-0.4, -0.2) is 20.7 Å². The van der Waals surface area contributed by atoms with Gasteiger partial charge >= 0.3 is 6.18 Å². The molecule has 2 heterocycles. The predicted molar refractivity (Wildman–Crippen MR) is 101 cm³/mol. The second-order valence-electron chi connectivity index (χ2n) is 6.50. The van der Waals surface area contributed by atoms with Crippen molar-refractivity contribution in [3.05, 3.63) is 63.4 Å². The van der Waals surface area contributed by atoms with Gasteiger partial charge in [-0.15, -0.1) is 11.3 Å². The second kappa shape index (κ2) is 7.75. The number of benzene rings is 1. The summed E-state index contributed by atoms with van der Waals surface area (Å²) in [7, 11) is 1.82. The van der Waals surface area contributed by atoms with E-state index in [0.717, 1.165) is 34.0 Å². The molecule has 3 rings (SSSR count). The van der Waals surface area contributed by atoms with Crippen molar-refractivity contribution < 1.29 is 18.0 Å². The molecule has 2 aromatic heterocycles. The highest BCUT2D eigenvalue weighted by atomic mass is 32.1. The van der Waals surface area contributed by atoms with Gasteiger partial charge in [-0.3, -0.25) is 9.48 Å². The molecule has 1 N–H and O–H groups in total. The SMILES string of the molecule is Cc1nn(C)c(C)c1CC(=O)Nc1ncc(Cc2cccc(C(F)(F)F)c2)s1. The molecule has 148 valence electrons. The topological polar surface area (TPSA) is 59.8 Å². The number of nitrogens with one attached hydrogen (secondary N) is 1. The molecule has 0 aliphatic rings. The van der Waals surface area contributed by atoms with Gasteiger partial charge in [-0.25, -0.2) is 4.98 Å². The van der Waals surface area contributed by atoms with E-state index in [0.29, 0.717) is 17.1 Å². The summed E-state index contributed by atoms with van der Waals surface area (Å²) in [5.41, 5.74) is 2.47. The highest BCUT2D eigenvalue weighted by molar-refractivity contribution is 7.15. The summed E-state index contributed by atoms with van der Waals surface area (Å²) >= 11 is 1.25. The molecule has 0 atom stereocenters. The van der Waals surface area contributed by atoms with Crippen LogP contribution in [-0.2, 0) is 30.9 Å². The standard InChI is InChI=1S/C19H19F3N4OS/c1-11-16(12(2)26(3)25-11)9-17(27)24-18-23-10-15(28-18)8-13-5-4-6-14(7-13)19(20,21)22/h4-7,10H,8-9H2,1-3H3,(H,23,24,27). The van der Waals surface area contributed by atoms with E-state index < -0.39 is 11.7 Å². The first kappa shape index (κ1) is 20.1. The average Bonchev–Trinajstić information content (AvgIpc) is 3.13. The van der Waals surface area contributed by atoms with E-state index in [1.165, 1.54) is 17.4 Å². The number of rotatable bonds is 5. The molecule has 0 aliphatic heterocycles. The van der Waals surface area contributed by atoms with Crippen LogP contribution < -0.4 is 5.32 Å². The Morgan fingerprint density at radius 1 is 1.29 bits per heavy atom. The Morgan fingerprint density at radius 3 is 2.68 bits per heavy atom. The summed E-state index contributed by atoms with van der Waals surface area (Å²) in [6.45, 7) is 3.76. The Labute approximate surface area is 164 Å². The lowest BCUT2D eigenvalue weighted by Crippen LogP contribution is -2.15. The number of amides is 1. The van der Waals surface area contributed by atoms with Gasteiger partial charge in [-0.2, -0.15) is 18.3 Å². The zero-order chi connectivity index (χ0) is 20.5. The molecular formula is C19H19F3N4OS. The van der Waals surface area contributed by atoms with E-state index in [-0.39, 0.29) is 12.3 Å². The summed E-state index contributed by atoms with van der Waals surface area (Å²) in [5, 5.41) is 7.46. The van der Waals surface area contributed by atoms with Gasteiger partial charge in [0.05, 0.1) is 17.7 Å². The predicted octanol–water partition coefficient (Wildman–Crippen LogP) is 4.28. The summed E-state index contributed by atoms with van der Waals surface area (Å²) in [6.07, 6.45) is -2.29. The number of hydrogen-bond donors (Lipinski definition) is 1. The maximum Gasteiger partial charge on any atom is 0.416 e. The number of hydrogen-bond acceptors (Lipinski definition) is 4. The van der Waals surface area contributed by atoms with Gasteiger partial charge in [0.2, 0.25) is 5.91 Å². The lowest BCUT2D eigenvalue weighted by molar-refractivity contribution is -0.137. The molecular weight excluding hydrogens is 389 g/mol. The molecule has 0 spiro atoms. The second-order valence-corrected chi connectivity index (χ2v) is 7.62. The van der Waals surface area contributed by atoms with Gasteiger partial charge in [0.1, 0.15) is 0 Å². The van der Waals surface area contributed by atoms with Crippen LogP contribution in [0, 0.1) is 13.8 Å². The molecule has 3 aromatic rings. The number of aromatic nitrogens is 3. The van der Waals surface area contributed by atoms with Crippen LogP contribution in [0.5, 0.6) is 0 Å². The Bertz CT molecular complexity index is 1010. The van der Waals surface area contributed by atoms with Crippen molar-refractivity contribution in [3.63, 3.8) is 0 Å². The van der Waals surface area contributed by atoms with Crippen molar-refractivity contribution >= 4 is 22.4 Å². The number of alkyl halides is 3. The fraction of sp³-hybridized carbons (Fsp3) is 0.316. The fourth-order valence-corrected chi connectivity index (χ4v) is 3.77. The first-order valence-electron chi connectivity index (χ1n) is 8.53. The zero-order valence-electron chi connectivity index (χ0n) is 15.6. The average molecular weight is 408 g/mol. The molecule has 1 aromatic carbocycles. The van der Waals surface area contributed by atoms with Gasteiger partial charge in [0, 0.05) is 35.8 Å². The van der Waals surface area contributed by atoms with E-state index in [1.54, 1.807) is 16.9 Å². The number of carbonyl (C=O) groups excluding carboxylic acids is 1. The summed E-state index contributed by atoms with van der Waals surface area (Å²) < 4.78 is 40.2. The molecule has 0 saturated heterocycles. The molecule has 1 amide bonds. The van der Waals surface area contributed by atoms with E-state index >= 15 is 0 Å². The van der Waals surface area contributed by atoms with Crippen LogP contribution in [0.4, 0.5) is 18.3 Å². The third-order valence-electron chi connectivity index (χ3n) is 4.43. The number of anilines is 1.